The van der Waals surface area contributed by atoms with Crippen molar-refractivity contribution < 1.29 is 24.6 Å². The lowest BCUT2D eigenvalue weighted by atomic mass is 10.1. The molecule has 144 valence electrons. The monoisotopic (exact) mass is 389 g/mol. The highest BCUT2D eigenvalue weighted by Crippen LogP contribution is 2.21. The molecule has 0 aliphatic rings. The maximum Gasteiger partial charge on any atom is 0.337 e. The third-order valence-corrected chi connectivity index (χ3v) is 3.91. The Kier molecular flexibility index (Phi) is 5.74. The smallest absolute Gasteiger partial charge is 0.337 e. The molecule has 0 saturated heterocycles. The zero-order valence-electron chi connectivity index (χ0n) is 14.9. The quantitative estimate of drug-likeness (QED) is 0.524. The molecule has 3 rings (SSSR count). The van der Waals surface area contributed by atoms with E-state index in [2.05, 4.69) is 15.5 Å². The van der Waals surface area contributed by atoms with Gasteiger partial charge >= 0.3 is 11.9 Å². The Morgan fingerprint density at radius 2 is 1.28 bits per heavy atom. The minimum atomic E-state index is -1.28. The Bertz CT molecular complexity index is 1090. The maximum atomic E-state index is 12.5. The van der Waals surface area contributed by atoms with Gasteiger partial charge in [0.25, 0.3) is 5.91 Å². The minimum absolute atomic E-state index is 0.102. The van der Waals surface area contributed by atoms with Crippen molar-refractivity contribution in [2.24, 2.45) is 10.2 Å². The van der Waals surface area contributed by atoms with Crippen molar-refractivity contribution in [3.8, 4) is 0 Å². The highest BCUT2D eigenvalue weighted by atomic mass is 16.4. The number of carbonyl (C=O) groups excluding carboxylic acids is 1. The first kappa shape index (κ1) is 19.4. The zero-order valence-corrected chi connectivity index (χ0v) is 14.9. The molecule has 29 heavy (non-hydrogen) atoms. The van der Waals surface area contributed by atoms with Crippen molar-refractivity contribution in [1.29, 1.82) is 0 Å². The first-order valence-corrected chi connectivity index (χ1v) is 8.43. The highest BCUT2D eigenvalue weighted by Gasteiger charge is 2.16. The number of amides is 1. The van der Waals surface area contributed by atoms with Gasteiger partial charge in [-0.25, -0.2) is 9.59 Å². The van der Waals surface area contributed by atoms with Gasteiger partial charge in [0.05, 0.1) is 28.2 Å². The second kappa shape index (κ2) is 8.57. The molecule has 0 aliphatic carbocycles. The van der Waals surface area contributed by atoms with Crippen molar-refractivity contribution in [2.45, 2.75) is 0 Å². The van der Waals surface area contributed by atoms with Crippen LogP contribution in [0.3, 0.4) is 0 Å². The summed E-state index contributed by atoms with van der Waals surface area (Å²) >= 11 is 0. The number of carboxylic acids is 2. The lowest BCUT2D eigenvalue weighted by Gasteiger charge is -2.09. The summed E-state index contributed by atoms with van der Waals surface area (Å²) in [6.45, 7) is 0. The summed E-state index contributed by atoms with van der Waals surface area (Å²) in [6, 6.07) is 18.8. The molecular formula is C21H15N3O5. The number of anilines is 1. The normalized spacial score (nSPS) is 10.6. The number of azo groups is 1. The van der Waals surface area contributed by atoms with Crippen LogP contribution >= 0.6 is 0 Å². The standard InChI is InChI=1S/C21H15N3O5/c25-19(22-18-12-14(20(26)27)8-11-17(18)21(28)29)13-6-9-16(10-7-13)24-23-15-4-2-1-3-5-15/h1-12H,(H,22,25)(H,26,27)(H,28,29). The second-order valence-electron chi connectivity index (χ2n) is 5.91. The van der Waals surface area contributed by atoms with E-state index in [1.807, 2.05) is 18.2 Å². The van der Waals surface area contributed by atoms with Gasteiger partial charge in [0, 0.05) is 5.56 Å². The number of nitrogens with zero attached hydrogens (tertiary/aromatic N) is 2. The summed E-state index contributed by atoms with van der Waals surface area (Å²) < 4.78 is 0. The van der Waals surface area contributed by atoms with Crippen molar-refractivity contribution in [3.05, 3.63) is 89.5 Å². The second-order valence-corrected chi connectivity index (χ2v) is 5.91. The third-order valence-electron chi connectivity index (χ3n) is 3.91. The van der Waals surface area contributed by atoms with E-state index in [1.54, 1.807) is 24.3 Å². The van der Waals surface area contributed by atoms with E-state index in [1.165, 1.54) is 12.1 Å². The summed E-state index contributed by atoms with van der Waals surface area (Å²) in [4.78, 5) is 34.9. The number of carboxylic acid groups (broad SMARTS) is 2. The first-order chi connectivity index (χ1) is 13.9. The Morgan fingerprint density at radius 1 is 0.690 bits per heavy atom. The molecule has 8 nitrogen and oxygen atoms in total. The van der Waals surface area contributed by atoms with E-state index >= 15 is 0 Å². The van der Waals surface area contributed by atoms with Crippen LogP contribution in [0.2, 0.25) is 0 Å². The van der Waals surface area contributed by atoms with Gasteiger partial charge in [-0.05, 0) is 54.6 Å². The van der Waals surface area contributed by atoms with Crippen LogP contribution < -0.4 is 5.32 Å². The third kappa shape index (κ3) is 4.89. The zero-order chi connectivity index (χ0) is 20.8. The minimum Gasteiger partial charge on any atom is -0.478 e. The summed E-state index contributed by atoms with van der Waals surface area (Å²) in [5, 5.41) is 28.9. The Hall–Kier alpha value is -4.33. The molecule has 1 amide bonds. The average Bonchev–Trinajstić information content (AvgIpc) is 2.73. The molecule has 3 aromatic carbocycles. The topological polar surface area (TPSA) is 128 Å². The van der Waals surface area contributed by atoms with Crippen LogP contribution in [0.1, 0.15) is 31.1 Å². The van der Waals surface area contributed by atoms with Crippen LogP contribution in [0.15, 0.2) is 83.0 Å². The Morgan fingerprint density at radius 3 is 1.86 bits per heavy atom. The molecule has 0 unspecified atom stereocenters. The molecule has 3 aromatic rings. The molecule has 0 aliphatic heterocycles. The van der Waals surface area contributed by atoms with Gasteiger partial charge in [-0.15, -0.1) is 0 Å². The molecule has 0 radical (unpaired) electrons. The van der Waals surface area contributed by atoms with Crippen molar-refractivity contribution in [3.63, 3.8) is 0 Å². The molecule has 8 heteroatoms. The number of hydrogen-bond acceptors (Lipinski definition) is 5. The van der Waals surface area contributed by atoms with Gasteiger partial charge in [0.15, 0.2) is 0 Å². The number of benzene rings is 3. The molecule has 0 aromatic heterocycles. The first-order valence-electron chi connectivity index (χ1n) is 8.43. The number of nitrogens with one attached hydrogen (secondary N) is 1. The molecule has 0 spiro atoms. The van der Waals surface area contributed by atoms with Crippen molar-refractivity contribution in [2.75, 3.05) is 5.32 Å². The largest absolute Gasteiger partial charge is 0.478 e. The van der Waals surface area contributed by atoms with E-state index in [0.29, 0.717) is 11.4 Å². The van der Waals surface area contributed by atoms with Gasteiger partial charge in [-0.2, -0.15) is 10.2 Å². The van der Waals surface area contributed by atoms with Gasteiger partial charge in [0.2, 0.25) is 0 Å². The van der Waals surface area contributed by atoms with Crippen LogP contribution in [0, 0.1) is 0 Å². The fraction of sp³-hybridized carbons (Fsp3) is 0. The van der Waals surface area contributed by atoms with Crippen LogP contribution in [0.5, 0.6) is 0 Å². The predicted molar refractivity (Wildman–Crippen MR) is 105 cm³/mol. The van der Waals surface area contributed by atoms with Crippen LogP contribution in [-0.4, -0.2) is 28.1 Å². The molecule has 0 heterocycles. The Balaban J connectivity index is 1.77. The summed E-state index contributed by atoms with van der Waals surface area (Å²) in [5.74, 6) is -3.10. The number of aromatic carboxylic acids is 2. The van der Waals surface area contributed by atoms with E-state index in [4.69, 9.17) is 5.11 Å². The van der Waals surface area contributed by atoms with E-state index < -0.39 is 17.8 Å². The molecule has 0 bridgehead atoms. The Labute approximate surface area is 165 Å². The van der Waals surface area contributed by atoms with Gasteiger partial charge in [0.1, 0.15) is 0 Å². The van der Waals surface area contributed by atoms with Crippen LogP contribution in [0.4, 0.5) is 17.1 Å². The van der Waals surface area contributed by atoms with E-state index in [-0.39, 0.29) is 22.4 Å². The molecule has 0 atom stereocenters. The lowest BCUT2D eigenvalue weighted by Crippen LogP contribution is -2.15. The predicted octanol–water partition coefficient (Wildman–Crippen LogP) is 4.75. The number of hydrogen-bond donors (Lipinski definition) is 3. The van der Waals surface area contributed by atoms with Gasteiger partial charge in [-0.1, -0.05) is 18.2 Å². The maximum absolute atomic E-state index is 12.5. The number of carbonyl (C=O) groups is 3. The highest BCUT2D eigenvalue weighted by molar-refractivity contribution is 6.08. The van der Waals surface area contributed by atoms with Crippen molar-refractivity contribution >= 4 is 34.9 Å². The summed E-state index contributed by atoms with van der Waals surface area (Å²) in [7, 11) is 0. The van der Waals surface area contributed by atoms with Crippen LogP contribution in [-0.2, 0) is 0 Å². The summed E-state index contributed by atoms with van der Waals surface area (Å²) in [6.07, 6.45) is 0. The fourth-order valence-corrected chi connectivity index (χ4v) is 2.45. The van der Waals surface area contributed by atoms with E-state index in [9.17, 15) is 19.5 Å². The molecule has 0 fully saturated rings. The fourth-order valence-electron chi connectivity index (χ4n) is 2.45. The lowest BCUT2D eigenvalue weighted by molar-refractivity contribution is 0.0682. The SMILES string of the molecule is O=C(O)c1ccc(C(=O)O)c(NC(=O)c2ccc(N=Nc3ccccc3)cc2)c1. The van der Waals surface area contributed by atoms with E-state index in [0.717, 1.165) is 18.2 Å². The average molecular weight is 389 g/mol. The molecule has 0 saturated carbocycles. The summed E-state index contributed by atoms with van der Waals surface area (Å²) in [5.41, 5.74) is 1.02. The van der Waals surface area contributed by atoms with Gasteiger partial charge < -0.3 is 15.5 Å². The van der Waals surface area contributed by atoms with Crippen molar-refractivity contribution in [1.82, 2.24) is 0 Å². The molecule has 3 N–H and O–H groups in total. The van der Waals surface area contributed by atoms with Gasteiger partial charge in [-0.3, -0.25) is 4.79 Å². The van der Waals surface area contributed by atoms with Crippen LogP contribution in [0.25, 0.3) is 0 Å². The number of rotatable bonds is 6. The molecular weight excluding hydrogens is 374 g/mol.